The van der Waals surface area contributed by atoms with E-state index in [0.29, 0.717) is 34.4 Å². The Kier molecular flexibility index (Phi) is 9.32. The summed E-state index contributed by atoms with van der Waals surface area (Å²) in [4.78, 5) is 13.0. The molecule has 1 aliphatic rings. The first kappa shape index (κ1) is 30.1. The first-order chi connectivity index (χ1) is 20.8. The van der Waals surface area contributed by atoms with Crippen molar-refractivity contribution in [3.63, 3.8) is 0 Å². The summed E-state index contributed by atoms with van der Waals surface area (Å²) in [6.07, 6.45) is 0.774. The maximum Gasteiger partial charge on any atom is 0.343 e. The quantitative estimate of drug-likeness (QED) is 0.145. The molecule has 0 amide bonds. The van der Waals surface area contributed by atoms with Gasteiger partial charge in [-0.15, -0.1) is 0 Å². The van der Waals surface area contributed by atoms with Crippen molar-refractivity contribution in [3.8, 4) is 29.1 Å². The summed E-state index contributed by atoms with van der Waals surface area (Å²) in [7, 11) is 0. The molecule has 7 nitrogen and oxygen atoms in total. The van der Waals surface area contributed by atoms with Crippen molar-refractivity contribution in [2.24, 2.45) is 5.73 Å². The zero-order valence-electron chi connectivity index (χ0n) is 22.9. The summed E-state index contributed by atoms with van der Waals surface area (Å²) in [5, 5.41) is 11.0. The van der Waals surface area contributed by atoms with Crippen molar-refractivity contribution in [2.45, 2.75) is 25.9 Å². The van der Waals surface area contributed by atoms with E-state index < -0.39 is 11.9 Å². The molecule has 0 saturated carbocycles. The normalized spacial score (nSPS) is 13.9. The molecule has 0 saturated heterocycles. The molecule has 4 aromatic carbocycles. The molecule has 2 N–H and O–H groups in total. The summed E-state index contributed by atoms with van der Waals surface area (Å²) < 4.78 is 23.0. The number of halogens is 3. The van der Waals surface area contributed by atoms with Crippen LogP contribution in [0.25, 0.3) is 0 Å². The third-order valence-electron chi connectivity index (χ3n) is 6.63. The third-order valence-corrected chi connectivity index (χ3v) is 7.56. The van der Waals surface area contributed by atoms with Crippen LogP contribution in [0.4, 0.5) is 0 Å². The van der Waals surface area contributed by atoms with E-state index >= 15 is 0 Å². The van der Waals surface area contributed by atoms with Gasteiger partial charge in [0, 0.05) is 22.2 Å². The molecule has 4 aromatic rings. The fourth-order valence-electron chi connectivity index (χ4n) is 4.59. The van der Waals surface area contributed by atoms with Gasteiger partial charge in [0.2, 0.25) is 5.88 Å². The highest BCUT2D eigenvalue weighted by atomic mass is 35.5. The number of rotatable bonds is 9. The van der Waals surface area contributed by atoms with Gasteiger partial charge in [0.25, 0.3) is 0 Å². The first-order valence-corrected chi connectivity index (χ1v) is 14.4. The van der Waals surface area contributed by atoms with Crippen molar-refractivity contribution in [3.05, 3.63) is 128 Å². The summed E-state index contributed by atoms with van der Waals surface area (Å²) in [5.74, 6) is 0.171. The average Bonchev–Trinajstić information content (AvgIpc) is 2.99. The minimum absolute atomic E-state index is 0.0490. The maximum atomic E-state index is 13.0. The number of esters is 1. The zero-order valence-corrected chi connectivity index (χ0v) is 25.2. The lowest BCUT2D eigenvalue weighted by Crippen LogP contribution is -2.21. The highest BCUT2D eigenvalue weighted by Gasteiger charge is 2.31. The number of fused-ring (bicyclic) bond motifs is 1. The third kappa shape index (κ3) is 6.68. The Bertz CT molecular complexity index is 1740. The zero-order chi connectivity index (χ0) is 30.5. The predicted molar refractivity (Wildman–Crippen MR) is 165 cm³/mol. The molecule has 10 heteroatoms. The molecule has 0 bridgehead atoms. The van der Waals surface area contributed by atoms with Crippen molar-refractivity contribution in [1.82, 2.24) is 0 Å². The van der Waals surface area contributed by atoms with Crippen LogP contribution >= 0.6 is 34.8 Å². The fourth-order valence-corrected chi connectivity index (χ4v) is 5.37. The van der Waals surface area contributed by atoms with Crippen LogP contribution in [0.2, 0.25) is 15.1 Å². The number of hydrogen-bond donors (Lipinski definition) is 1. The lowest BCUT2D eigenvalue weighted by atomic mass is 9.83. The van der Waals surface area contributed by atoms with Crippen LogP contribution in [0, 0.1) is 11.3 Å². The van der Waals surface area contributed by atoms with Crippen LogP contribution in [-0.2, 0) is 6.61 Å². The van der Waals surface area contributed by atoms with Gasteiger partial charge in [-0.25, -0.2) is 4.79 Å². The van der Waals surface area contributed by atoms with Gasteiger partial charge in [0.1, 0.15) is 35.5 Å². The number of ether oxygens (including phenoxy) is 4. The van der Waals surface area contributed by atoms with E-state index in [9.17, 15) is 10.1 Å². The summed E-state index contributed by atoms with van der Waals surface area (Å²) >= 11 is 18.9. The molecule has 1 heterocycles. The van der Waals surface area contributed by atoms with Crippen LogP contribution in [0.3, 0.4) is 0 Å². The topological polar surface area (TPSA) is 104 Å². The number of nitrogens with zero attached hydrogens (tertiary/aromatic N) is 1. The Balaban J connectivity index is 1.39. The molecule has 0 spiro atoms. The predicted octanol–water partition coefficient (Wildman–Crippen LogP) is 8.45. The van der Waals surface area contributed by atoms with E-state index in [1.807, 2.05) is 49.4 Å². The van der Waals surface area contributed by atoms with Gasteiger partial charge >= 0.3 is 5.97 Å². The molecule has 0 radical (unpaired) electrons. The Labute approximate surface area is 263 Å². The summed E-state index contributed by atoms with van der Waals surface area (Å²) in [5.41, 5.74) is 8.86. The molecule has 218 valence electrons. The van der Waals surface area contributed by atoms with Gasteiger partial charge in [-0.05, 0) is 48.4 Å². The van der Waals surface area contributed by atoms with Crippen LogP contribution in [-0.4, -0.2) is 12.6 Å². The maximum absolute atomic E-state index is 13.0. The van der Waals surface area contributed by atoms with Gasteiger partial charge in [-0.2, -0.15) is 5.26 Å². The number of hydrogen-bond acceptors (Lipinski definition) is 7. The molecule has 5 rings (SSSR count). The van der Waals surface area contributed by atoms with Crippen LogP contribution in [0.1, 0.15) is 46.3 Å². The lowest BCUT2D eigenvalue weighted by molar-refractivity contribution is 0.0734. The highest BCUT2D eigenvalue weighted by molar-refractivity contribution is 6.37. The molecule has 1 unspecified atom stereocenters. The van der Waals surface area contributed by atoms with Gasteiger partial charge < -0.3 is 24.7 Å². The minimum atomic E-state index is -0.678. The second kappa shape index (κ2) is 13.3. The molecular weight excluding hydrogens is 611 g/mol. The van der Waals surface area contributed by atoms with E-state index in [1.54, 1.807) is 24.3 Å². The van der Waals surface area contributed by atoms with Crippen LogP contribution in [0.15, 0.2) is 90.3 Å². The van der Waals surface area contributed by atoms with E-state index in [-0.39, 0.29) is 39.4 Å². The summed E-state index contributed by atoms with van der Waals surface area (Å²) in [6.45, 7) is 2.67. The second-order valence-electron chi connectivity index (χ2n) is 9.58. The Morgan fingerprint density at radius 2 is 1.70 bits per heavy atom. The lowest BCUT2D eigenvalue weighted by Gasteiger charge is -2.27. The molecule has 0 aromatic heterocycles. The Hall–Kier alpha value is -4.35. The van der Waals surface area contributed by atoms with Crippen molar-refractivity contribution in [2.75, 3.05) is 6.61 Å². The van der Waals surface area contributed by atoms with Crippen molar-refractivity contribution in [1.29, 1.82) is 5.26 Å². The first-order valence-electron chi connectivity index (χ1n) is 13.3. The number of nitrogens with two attached hydrogens (primary N) is 1. The summed E-state index contributed by atoms with van der Waals surface area (Å²) in [6, 6.07) is 24.8. The molecule has 1 atom stereocenters. The van der Waals surface area contributed by atoms with Crippen LogP contribution in [0.5, 0.6) is 23.0 Å². The smallest absolute Gasteiger partial charge is 0.343 e. The largest absolute Gasteiger partial charge is 0.490 e. The van der Waals surface area contributed by atoms with Gasteiger partial charge in [-0.1, -0.05) is 78.1 Å². The average molecular weight is 636 g/mol. The van der Waals surface area contributed by atoms with Crippen molar-refractivity contribution >= 4 is 40.8 Å². The van der Waals surface area contributed by atoms with E-state index in [2.05, 4.69) is 6.07 Å². The van der Waals surface area contributed by atoms with Crippen LogP contribution < -0.4 is 24.7 Å². The van der Waals surface area contributed by atoms with Crippen molar-refractivity contribution < 1.29 is 23.7 Å². The minimum Gasteiger partial charge on any atom is -0.490 e. The standard InChI is InChI=1S/C33H25Cl3N2O5/c1-2-12-40-31-27(35)14-21(15-28(31)36)33(39)42-23-10-11-24-29(16-23)43-32(38)25(17-37)30(24)19-7-5-8-22(13-19)41-18-20-6-3-4-9-26(20)34/h3-11,13-16,30H,2,12,18,38H2,1H3. The van der Waals surface area contributed by atoms with E-state index in [4.69, 9.17) is 59.5 Å². The molecular formula is C33H25Cl3N2O5. The molecule has 0 fully saturated rings. The molecule has 1 aliphatic heterocycles. The number of carbonyl (C=O) groups excluding carboxylic acids is 1. The second-order valence-corrected chi connectivity index (χ2v) is 10.8. The van der Waals surface area contributed by atoms with Gasteiger partial charge in [0.15, 0.2) is 5.75 Å². The molecule has 0 aliphatic carbocycles. The number of nitriles is 1. The van der Waals surface area contributed by atoms with E-state index in [0.717, 1.165) is 17.5 Å². The highest BCUT2D eigenvalue weighted by Crippen LogP contribution is 2.44. The molecule has 43 heavy (non-hydrogen) atoms. The van der Waals surface area contributed by atoms with Gasteiger partial charge in [0.05, 0.1) is 28.1 Å². The SMILES string of the molecule is CCCOc1c(Cl)cc(C(=O)Oc2ccc3c(c2)OC(N)=C(C#N)C3c2cccc(OCc3ccccc3Cl)c2)cc1Cl. The Morgan fingerprint density at radius 3 is 2.42 bits per heavy atom. The number of allylic oxidation sites excluding steroid dienone is 1. The number of carbonyl (C=O) groups is 1. The Morgan fingerprint density at radius 1 is 0.930 bits per heavy atom. The number of benzene rings is 4. The fraction of sp³-hybridized carbons (Fsp3) is 0.152. The van der Waals surface area contributed by atoms with Gasteiger partial charge in [-0.3, -0.25) is 0 Å². The monoisotopic (exact) mass is 634 g/mol. The van der Waals surface area contributed by atoms with E-state index in [1.165, 1.54) is 12.1 Å².